The number of rotatable bonds is 5. The van der Waals surface area contributed by atoms with E-state index in [0.717, 1.165) is 5.69 Å². The van der Waals surface area contributed by atoms with Gasteiger partial charge in [-0.05, 0) is 24.6 Å². The summed E-state index contributed by atoms with van der Waals surface area (Å²) in [4.78, 5) is 28.7. The Morgan fingerprint density at radius 2 is 1.68 bits per heavy atom. The van der Waals surface area contributed by atoms with Gasteiger partial charge in [-0.1, -0.05) is 42.5 Å². The Bertz CT molecular complexity index is 902. The maximum atomic E-state index is 12.8. The van der Waals surface area contributed by atoms with E-state index < -0.39 is 23.8 Å². The van der Waals surface area contributed by atoms with Gasteiger partial charge in [-0.3, -0.25) is 9.59 Å². The molecule has 1 amide bonds. The first-order valence-electron chi connectivity index (χ1n) is 9.10. The van der Waals surface area contributed by atoms with E-state index in [0.29, 0.717) is 11.1 Å². The number of benzene rings is 2. The van der Waals surface area contributed by atoms with Crippen LogP contribution < -0.4 is 4.90 Å². The lowest BCUT2D eigenvalue weighted by molar-refractivity contribution is -0.140. The van der Waals surface area contributed by atoms with Crippen LogP contribution in [0.3, 0.4) is 0 Å². The molecule has 1 aliphatic heterocycles. The van der Waals surface area contributed by atoms with Gasteiger partial charge in [0.1, 0.15) is 5.76 Å². The Labute approximate surface area is 164 Å². The van der Waals surface area contributed by atoms with Gasteiger partial charge in [-0.25, -0.2) is 0 Å². The molecule has 0 aliphatic carbocycles. The fourth-order valence-electron chi connectivity index (χ4n) is 3.41. The molecule has 2 atom stereocenters. The SMILES string of the molecule is C[C@@H](O)CN1C(=O)C(=O)C(=C(O)c2ccccc2)[C@H]1c1ccc(N(C)C)cc1. The highest BCUT2D eigenvalue weighted by Gasteiger charge is 2.46. The number of β-amino-alcohol motifs (C(OH)–C–C–N with tert-alkyl or cyclic N) is 1. The fourth-order valence-corrected chi connectivity index (χ4v) is 3.41. The lowest BCUT2D eigenvalue weighted by atomic mass is 9.95. The van der Waals surface area contributed by atoms with Gasteiger partial charge in [0.05, 0.1) is 17.7 Å². The molecule has 0 aromatic heterocycles. The molecule has 146 valence electrons. The van der Waals surface area contributed by atoms with Crippen molar-refractivity contribution in [3.05, 3.63) is 71.3 Å². The highest BCUT2D eigenvalue weighted by Crippen LogP contribution is 2.39. The molecular weight excluding hydrogens is 356 g/mol. The van der Waals surface area contributed by atoms with E-state index in [1.165, 1.54) is 4.90 Å². The Morgan fingerprint density at radius 3 is 2.21 bits per heavy atom. The van der Waals surface area contributed by atoms with Crippen molar-refractivity contribution in [2.75, 3.05) is 25.5 Å². The van der Waals surface area contributed by atoms with Crippen LogP contribution in [0.1, 0.15) is 24.1 Å². The number of nitrogens with zero attached hydrogens (tertiary/aromatic N) is 2. The Hall–Kier alpha value is -3.12. The summed E-state index contributed by atoms with van der Waals surface area (Å²) in [5.74, 6) is -1.68. The molecule has 6 heteroatoms. The second-order valence-corrected chi connectivity index (χ2v) is 7.15. The van der Waals surface area contributed by atoms with Crippen LogP contribution >= 0.6 is 0 Å². The van der Waals surface area contributed by atoms with Crippen molar-refractivity contribution in [2.45, 2.75) is 19.1 Å². The van der Waals surface area contributed by atoms with E-state index in [1.54, 1.807) is 37.3 Å². The lowest BCUT2D eigenvalue weighted by Gasteiger charge is -2.26. The Balaban J connectivity index is 2.15. The molecule has 0 radical (unpaired) electrons. The van der Waals surface area contributed by atoms with Crippen LogP contribution in [0, 0.1) is 0 Å². The fraction of sp³-hybridized carbons (Fsp3) is 0.273. The number of carbonyl (C=O) groups is 2. The van der Waals surface area contributed by atoms with Crippen LogP contribution in [-0.4, -0.2) is 53.5 Å². The predicted octanol–water partition coefficient (Wildman–Crippen LogP) is 2.56. The van der Waals surface area contributed by atoms with Gasteiger partial charge < -0.3 is 20.0 Å². The molecule has 6 nitrogen and oxygen atoms in total. The number of likely N-dealkylation sites (tertiary alicyclic amines) is 1. The van der Waals surface area contributed by atoms with Gasteiger partial charge in [0, 0.05) is 31.9 Å². The Kier molecular flexibility index (Phi) is 5.51. The number of ketones is 1. The quantitative estimate of drug-likeness (QED) is 0.473. The molecule has 2 aromatic rings. The zero-order valence-electron chi connectivity index (χ0n) is 16.2. The number of hydrogen-bond donors (Lipinski definition) is 2. The van der Waals surface area contributed by atoms with Crippen molar-refractivity contribution in [3.63, 3.8) is 0 Å². The standard InChI is InChI=1S/C22H24N2O4/c1-14(25)13-24-19(15-9-11-17(12-10-15)23(2)3)18(21(27)22(24)28)20(26)16-7-5-4-6-8-16/h4-12,14,19,25-26H,13H2,1-3H3/t14-,19-/m1/s1. The maximum absolute atomic E-state index is 12.8. The summed E-state index contributed by atoms with van der Waals surface area (Å²) in [6, 6.07) is 15.4. The molecule has 0 saturated carbocycles. The molecule has 0 bridgehead atoms. The van der Waals surface area contributed by atoms with Crippen molar-refractivity contribution in [3.8, 4) is 0 Å². The third kappa shape index (κ3) is 3.64. The second-order valence-electron chi connectivity index (χ2n) is 7.15. The van der Waals surface area contributed by atoms with Crippen LogP contribution in [0.5, 0.6) is 0 Å². The minimum atomic E-state index is -0.807. The average Bonchev–Trinajstić information content (AvgIpc) is 2.92. The number of aliphatic hydroxyl groups excluding tert-OH is 2. The zero-order chi connectivity index (χ0) is 20.4. The van der Waals surface area contributed by atoms with Crippen LogP contribution in [0.25, 0.3) is 5.76 Å². The summed E-state index contributed by atoms with van der Waals surface area (Å²) < 4.78 is 0. The summed E-state index contributed by atoms with van der Waals surface area (Å²) >= 11 is 0. The first-order chi connectivity index (χ1) is 13.3. The minimum absolute atomic E-state index is 0.00373. The largest absolute Gasteiger partial charge is 0.507 e. The van der Waals surface area contributed by atoms with E-state index in [4.69, 9.17) is 0 Å². The highest BCUT2D eigenvalue weighted by molar-refractivity contribution is 6.46. The summed E-state index contributed by atoms with van der Waals surface area (Å²) in [6.07, 6.45) is -0.807. The molecular formula is C22H24N2O4. The third-order valence-electron chi connectivity index (χ3n) is 4.77. The van der Waals surface area contributed by atoms with Crippen LogP contribution in [-0.2, 0) is 9.59 Å². The molecule has 1 heterocycles. The number of Topliss-reactive ketones (excluding diaryl/α,β-unsaturated/α-hetero) is 1. The summed E-state index contributed by atoms with van der Waals surface area (Å²) in [6.45, 7) is 1.55. The van der Waals surface area contributed by atoms with Crippen LogP contribution in [0.15, 0.2) is 60.2 Å². The van der Waals surface area contributed by atoms with Gasteiger partial charge in [-0.15, -0.1) is 0 Å². The maximum Gasteiger partial charge on any atom is 0.295 e. The smallest absolute Gasteiger partial charge is 0.295 e. The van der Waals surface area contributed by atoms with E-state index in [9.17, 15) is 19.8 Å². The molecule has 2 aromatic carbocycles. The van der Waals surface area contributed by atoms with Gasteiger partial charge >= 0.3 is 0 Å². The molecule has 3 rings (SSSR count). The van der Waals surface area contributed by atoms with E-state index in [2.05, 4.69) is 0 Å². The van der Waals surface area contributed by atoms with E-state index >= 15 is 0 Å². The molecule has 1 saturated heterocycles. The monoisotopic (exact) mass is 380 g/mol. The van der Waals surface area contributed by atoms with Crippen molar-refractivity contribution in [1.29, 1.82) is 0 Å². The molecule has 1 fully saturated rings. The van der Waals surface area contributed by atoms with Crippen molar-refractivity contribution in [1.82, 2.24) is 4.90 Å². The third-order valence-corrected chi connectivity index (χ3v) is 4.77. The predicted molar refractivity (Wildman–Crippen MR) is 108 cm³/mol. The van der Waals surface area contributed by atoms with Gasteiger partial charge in [0.25, 0.3) is 11.7 Å². The Morgan fingerprint density at radius 1 is 1.07 bits per heavy atom. The molecule has 2 N–H and O–H groups in total. The van der Waals surface area contributed by atoms with Gasteiger partial charge in [-0.2, -0.15) is 0 Å². The van der Waals surface area contributed by atoms with Crippen LogP contribution in [0.2, 0.25) is 0 Å². The number of hydrogen-bond acceptors (Lipinski definition) is 5. The molecule has 1 aliphatic rings. The minimum Gasteiger partial charge on any atom is -0.507 e. The zero-order valence-corrected chi connectivity index (χ0v) is 16.2. The second kappa shape index (κ2) is 7.86. The number of anilines is 1. The average molecular weight is 380 g/mol. The lowest BCUT2D eigenvalue weighted by Crippen LogP contribution is -2.35. The number of amides is 1. The first kappa shape index (κ1) is 19.6. The highest BCUT2D eigenvalue weighted by atomic mass is 16.3. The number of aliphatic hydroxyl groups is 2. The summed E-state index contributed by atoms with van der Waals surface area (Å²) in [7, 11) is 3.84. The van der Waals surface area contributed by atoms with Gasteiger partial charge in [0.2, 0.25) is 0 Å². The van der Waals surface area contributed by atoms with Gasteiger partial charge in [0.15, 0.2) is 0 Å². The van der Waals surface area contributed by atoms with Crippen molar-refractivity contribution < 1.29 is 19.8 Å². The van der Waals surface area contributed by atoms with E-state index in [1.807, 2.05) is 43.3 Å². The van der Waals surface area contributed by atoms with Crippen molar-refractivity contribution >= 4 is 23.1 Å². The summed E-state index contributed by atoms with van der Waals surface area (Å²) in [5.41, 5.74) is 2.17. The molecule has 28 heavy (non-hydrogen) atoms. The number of carbonyl (C=O) groups excluding carboxylic acids is 2. The molecule has 0 spiro atoms. The first-order valence-corrected chi connectivity index (χ1v) is 9.10. The molecule has 0 unspecified atom stereocenters. The summed E-state index contributed by atoms with van der Waals surface area (Å²) in [5, 5.41) is 20.7. The normalized spacial score (nSPS) is 19.7. The van der Waals surface area contributed by atoms with Crippen LogP contribution in [0.4, 0.5) is 5.69 Å². The van der Waals surface area contributed by atoms with Crippen molar-refractivity contribution in [2.24, 2.45) is 0 Å². The topological polar surface area (TPSA) is 81.1 Å². The van der Waals surface area contributed by atoms with E-state index in [-0.39, 0.29) is 17.9 Å².